The topological polar surface area (TPSA) is 188 Å². The van der Waals surface area contributed by atoms with Crippen LogP contribution in [0.25, 0.3) is 0 Å². The van der Waals surface area contributed by atoms with E-state index in [0.717, 1.165) is 49.8 Å². The zero-order valence-electron chi connectivity index (χ0n) is 45.5. The van der Waals surface area contributed by atoms with E-state index in [9.17, 15) is 47.6 Å². The molecule has 428 valence electrons. The Morgan fingerprint density at radius 2 is 0.875 bits per heavy atom. The fourth-order valence-electron chi connectivity index (χ4n) is 10.4. The summed E-state index contributed by atoms with van der Waals surface area (Å²) in [6, 6.07) is 36.1. The Labute approximate surface area is 494 Å². The molecule has 6 fully saturated rings. The monoisotopic (exact) mass is 1180 g/mol. The summed E-state index contributed by atoms with van der Waals surface area (Å²) in [7, 11) is 0. The number of aliphatic hydroxyl groups is 3. The van der Waals surface area contributed by atoms with E-state index >= 15 is 0 Å². The predicted octanol–water partition coefficient (Wildman–Crippen LogP) is 7.63. The number of phenols is 1. The molecule has 0 atom stereocenters. The molecule has 18 heteroatoms. The standard InChI is InChI=1S/C20H24FNO2.C14H17FO3.C12H13FO2.C8H12O3.C6H4F.C2H3N.BrH.Mg/c21-17-5-3-16(4-6-17)20(24)12-9-18(10-13-20)22-14-11-15-1-7-19(23)8-2-15;15-12-3-1-11(2-4-12)13(16)5-7-14(8-6-13)17-9-10-18-14;13-10-3-1-9(2-4-10)12(15)7-5-11(14)6-8-12;9-7-1-3-8(4-2-7)10-5-6-11-8;7-6-4-2-1-3-5-6;1-2-3;;/h1-8,18,22-24H,9-14H2;1-4,16H,5-10H2;1-4,15H,5-8H2;1-6H2;2-5H;1H3;1H;/q;;;;-1;;;+2/p-1. The number of nitriles is 1. The second-order valence-corrected chi connectivity index (χ2v) is 20.5. The van der Waals surface area contributed by atoms with Crippen LogP contribution >= 0.6 is 0 Å². The van der Waals surface area contributed by atoms with Crippen molar-refractivity contribution in [2.75, 3.05) is 33.0 Å². The maximum Gasteiger partial charge on any atom is 2.00 e. The third kappa shape index (κ3) is 21.0. The summed E-state index contributed by atoms with van der Waals surface area (Å²) in [6.45, 7) is 4.96. The number of carbonyl (C=O) groups is 2. The Hall–Kier alpha value is -4.62. The number of nitrogens with one attached hydrogen (secondary N) is 1. The molecule has 5 aromatic rings. The van der Waals surface area contributed by atoms with E-state index in [0.29, 0.717) is 127 Å². The first-order chi connectivity index (χ1) is 37.4. The Kier molecular flexibility index (Phi) is 27.9. The van der Waals surface area contributed by atoms with Crippen molar-refractivity contribution in [2.24, 2.45) is 0 Å². The second kappa shape index (κ2) is 32.9. The SMILES string of the molecule is CC#N.Fc1cc[c-]cc1.O=C1CCC(O)(c2ccc(F)cc2)CC1.O=C1CCC2(CC1)OCCO2.OC1(c2ccc(F)cc2)CCC2(CC1)OCCO2.Oc1ccc(CCNC2CCC(O)(c3ccc(F)cc3)CC2)cc1.[Br-].[Mg+2]. The normalized spacial score (nSPS) is 21.7. The van der Waals surface area contributed by atoms with Crippen LogP contribution < -0.4 is 22.3 Å². The van der Waals surface area contributed by atoms with Gasteiger partial charge in [-0.1, -0.05) is 48.5 Å². The first-order valence-corrected chi connectivity index (χ1v) is 26.9. The summed E-state index contributed by atoms with van der Waals surface area (Å²) >= 11 is 0. The second-order valence-electron chi connectivity index (χ2n) is 20.5. The first kappa shape index (κ1) is 67.9. The molecule has 4 saturated carbocycles. The molecule has 4 aliphatic carbocycles. The molecule has 12 nitrogen and oxygen atoms in total. The van der Waals surface area contributed by atoms with Gasteiger partial charge in [0.1, 0.15) is 34.8 Å². The van der Waals surface area contributed by atoms with Crippen LogP contribution in [0.3, 0.4) is 0 Å². The summed E-state index contributed by atoms with van der Waals surface area (Å²) in [5.41, 5.74) is 0.831. The van der Waals surface area contributed by atoms with Gasteiger partial charge >= 0.3 is 23.1 Å². The van der Waals surface area contributed by atoms with Crippen molar-refractivity contribution in [2.45, 2.75) is 150 Å². The zero-order chi connectivity index (χ0) is 56.1. The molecule has 5 N–H and O–H groups in total. The molecule has 0 amide bonds. The average Bonchev–Trinajstić information content (AvgIpc) is 4.20. The van der Waals surface area contributed by atoms with Gasteiger partial charge in [0, 0.05) is 70.1 Å². The number of Topliss-reactive ketones (excluding diaryl/α,β-unsaturated/α-hetero) is 2. The minimum atomic E-state index is -0.943. The molecular weight excluding hydrogens is 1110 g/mol. The van der Waals surface area contributed by atoms with Gasteiger partial charge in [0.2, 0.25) is 0 Å². The Bertz CT molecular complexity index is 2620. The van der Waals surface area contributed by atoms with Crippen molar-refractivity contribution in [3.8, 4) is 11.8 Å². The number of benzene rings is 5. The molecule has 6 aliphatic rings. The number of hydrogen-bond donors (Lipinski definition) is 5. The molecule has 0 bridgehead atoms. The van der Waals surface area contributed by atoms with Gasteiger partial charge < -0.3 is 61.7 Å². The van der Waals surface area contributed by atoms with Crippen LogP contribution in [0.4, 0.5) is 17.6 Å². The van der Waals surface area contributed by atoms with Crippen LogP contribution in [0.1, 0.15) is 132 Å². The third-order valence-corrected chi connectivity index (χ3v) is 15.1. The molecule has 0 radical (unpaired) electrons. The van der Waals surface area contributed by atoms with Crippen LogP contribution in [0.15, 0.2) is 121 Å². The largest absolute Gasteiger partial charge is 2.00 e. The van der Waals surface area contributed by atoms with Crippen LogP contribution in [-0.4, -0.2) is 106 Å². The van der Waals surface area contributed by atoms with Gasteiger partial charge in [-0.2, -0.15) is 23.5 Å². The van der Waals surface area contributed by atoms with Crippen molar-refractivity contribution in [3.63, 3.8) is 0 Å². The smallest absolute Gasteiger partial charge is 1.00 e. The van der Waals surface area contributed by atoms with E-state index in [1.165, 1.54) is 73.2 Å². The summed E-state index contributed by atoms with van der Waals surface area (Å²) in [6.07, 6.45) is 11.1. The molecule has 80 heavy (non-hydrogen) atoms. The molecule has 2 spiro atoms. The zero-order valence-corrected chi connectivity index (χ0v) is 48.5. The van der Waals surface area contributed by atoms with Crippen molar-refractivity contribution >= 4 is 34.6 Å². The van der Waals surface area contributed by atoms with Gasteiger partial charge in [0.25, 0.3) is 0 Å². The summed E-state index contributed by atoms with van der Waals surface area (Å²) < 4.78 is 72.7. The molecule has 0 unspecified atom stereocenters. The number of ether oxygens (including phenoxy) is 4. The van der Waals surface area contributed by atoms with Crippen molar-refractivity contribution < 1.29 is 83.5 Å². The predicted molar refractivity (Wildman–Crippen MR) is 290 cm³/mol. The molecule has 2 heterocycles. The molecule has 2 aliphatic heterocycles. The van der Waals surface area contributed by atoms with E-state index in [4.69, 9.17) is 24.2 Å². The number of aromatic hydroxyl groups is 1. The third-order valence-electron chi connectivity index (χ3n) is 15.1. The fourth-order valence-corrected chi connectivity index (χ4v) is 10.4. The van der Waals surface area contributed by atoms with Gasteiger partial charge in [0.05, 0.1) is 49.3 Å². The molecule has 0 aromatic heterocycles. The summed E-state index contributed by atoms with van der Waals surface area (Å²) in [5.74, 6) is -1.09. The quantitative estimate of drug-likeness (QED) is 0.0611. The number of carbonyl (C=O) groups excluding carboxylic acids is 2. The molecule has 5 aromatic carbocycles. The number of nitrogens with zero attached hydrogens (tertiary/aromatic N) is 1. The van der Waals surface area contributed by atoms with Crippen molar-refractivity contribution in [1.82, 2.24) is 5.32 Å². The van der Waals surface area contributed by atoms with E-state index in [2.05, 4.69) is 11.4 Å². The number of phenolic OH excluding ortho intramolecular Hbond substituents is 1. The van der Waals surface area contributed by atoms with Crippen LogP contribution in [-0.2, 0) is 51.8 Å². The maximum atomic E-state index is 13.0. The Morgan fingerprint density at radius 3 is 1.25 bits per heavy atom. The minimum absolute atomic E-state index is 0. The molecular formula is C62H73BrF4MgN2O10. The molecule has 2 saturated heterocycles. The van der Waals surface area contributed by atoms with Crippen molar-refractivity contribution in [3.05, 3.63) is 173 Å². The maximum absolute atomic E-state index is 13.0. The van der Waals surface area contributed by atoms with Gasteiger partial charge in [-0.05, 0) is 135 Å². The average molecular weight is 1190 g/mol. The van der Waals surface area contributed by atoms with Crippen LogP contribution in [0, 0.1) is 40.7 Å². The summed E-state index contributed by atoms with van der Waals surface area (Å²) in [5, 5.41) is 51.9. The number of rotatable bonds is 7. The van der Waals surface area contributed by atoms with Gasteiger partial charge in [-0.3, -0.25) is 9.59 Å². The Balaban J connectivity index is 0.000000221. The van der Waals surface area contributed by atoms with Gasteiger partial charge in [-0.15, -0.1) is 12.1 Å². The molecule has 11 rings (SSSR count). The minimum Gasteiger partial charge on any atom is -1.00 e. The first-order valence-electron chi connectivity index (χ1n) is 26.9. The van der Waals surface area contributed by atoms with Crippen LogP contribution in [0.5, 0.6) is 5.75 Å². The van der Waals surface area contributed by atoms with Gasteiger partial charge in [0.15, 0.2) is 11.6 Å². The van der Waals surface area contributed by atoms with Crippen LogP contribution in [0.2, 0.25) is 0 Å². The van der Waals surface area contributed by atoms with E-state index in [1.54, 1.807) is 54.6 Å². The Morgan fingerprint density at radius 1 is 0.537 bits per heavy atom. The number of ketones is 2. The number of hydrogen-bond acceptors (Lipinski definition) is 12. The van der Waals surface area contributed by atoms with E-state index in [1.807, 2.05) is 12.1 Å². The summed E-state index contributed by atoms with van der Waals surface area (Å²) in [4.78, 5) is 22.0. The van der Waals surface area contributed by atoms with Crippen molar-refractivity contribution in [1.29, 1.82) is 5.26 Å². The van der Waals surface area contributed by atoms with Gasteiger partial charge in [-0.25, -0.2) is 17.6 Å². The fraction of sp³-hybridized carbons (Fsp3) is 0.468. The van der Waals surface area contributed by atoms with E-state index in [-0.39, 0.29) is 74.9 Å². The van der Waals surface area contributed by atoms with E-state index < -0.39 is 22.6 Å². The number of halogens is 5.